The maximum atomic E-state index is 5.55. The molecule has 1 atom stereocenters. The predicted molar refractivity (Wildman–Crippen MR) is 51.4 cm³/mol. The van der Waals surface area contributed by atoms with Crippen LogP contribution in [0, 0.1) is 6.92 Å². The standard InChI is InChI=1S/C9H17N3O/c1-3-13-9(6-10)7-12-5-4-8(2)11-12/h4-5,9H,3,6-7,10H2,1-2H3. The summed E-state index contributed by atoms with van der Waals surface area (Å²) in [6.07, 6.45) is 2.01. The Bertz CT molecular complexity index is 247. The van der Waals surface area contributed by atoms with Crippen LogP contribution in [0.4, 0.5) is 0 Å². The van der Waals surface area contributed by atoms with Gasteiger partial charge in [0.2, 0.25) is 0 Å². The van der Waals surface area contributed by atoms with Crippen molar-refractivity contribution in [1.29, 1.82) is 0 Å². The van der Waals surface area contributed by atoms with Gasteiger partial charge >= 0.3 is 0 Å². The summed E-state index contributed by atoms with van der Waals surface area (Å²) in [5.41, 5.74) is 6.57. The van der Waals surface area contributed by atoms with Crippen LogP contribution in [-0.4, -0.2) is 29.0 Å². The van der Waals surface area contributed by atoms with Gasteiger partial charge in [-0.2, -0.15) is 5.10 Å². The van der Waals surface area contributed by atoms with Gasteiger partial charge in [0.15, 0.2) is 0 Å². The number of hydrogen-bond donors (Lipinski definition) is 1. The summed E-state index contributed by atoms with van der Waals surface area (Å²) in [4.78, 5) is 0. The van der Waals surface area contributed by atoms with E-state index < -0.39 is 0 Å². The lowest BCUT2D eigenvalue weighted by atomic mass is 10.3. The van der Waals surface area contributed by atoms with Gasteiger partial charge in [0.05, 0.1) is 18.3 Å². The molecule has 0 fully saturated rings. The summed E-state index contributed by atoms with van der Waals surface area (Å²) < 4.78 is 7.28. The van der Waals surface area contributed by atoms with Gasteiger partial charge in [-0.25, -0.2) is 0 Å². The molecule has 0 radical (unpaired) electrons. The molecule has 74 valence electrons. The first-order chi connectivity index (χ1) is 6.26. The smallest absolute Gasteiger partial charge is 0.0892 e. The molecule has 0 aliphatic carbocycles. The minimum absolute atomic E-state index is 0.0734. The Hall–Kier alpha value is -0.870. The normalized spacial score (nSPS) is 13.2. The molecule has 1 heterocycles. The van der Waals surface area contributed by atoms with E-state index in [0.717, 1.165) is 12.2 Å². The van der Waals surface area contributed by atoms with Gasteiger partial charge < -0.3 is 10.5 Å². The maximum Gasteiger partial charge on any atom is 0.0892 e. The first-order valence-electron chi connectivity index (χ1n) is 4.58. The molecule has 0 bridgehead atoms. The topological polar surface area (TPSA) is 53.1 Å². The van der Waals surface area contributed by atoms with E-state index in [4.69, 9.17) is 10.5 Å². The molecule has 0 aliphatic heterocycles. The molecule has 0 aliphatic rings. The van der Waals surface area contributed by atoms with Crippen molar-refractivity contribution in [3.8, 4) is 0 Å². The van der Waals surface area contributed by atoms with Crippen LogP contribution in [0.25, 0.3) is 0 Å². The van der Waals surface area contributed by atoms with Gasteiger partial charge in [0, 0.05) is 19.3 Å². The molecule has 0 aromatic carbocycles. The van der Waals surface area contributed by atoms with Crippen molar-refractivity contribution >= 4 is 0 Å². The third kappa shape index (κ3) is 3.16. The average molecular weight is 183 g/mol. The van der Waals surface area contributed by atoms with Crippen LogP contribution >= 0.6 is 0 Å². The molecule has 0 amide bonds. The van der Waals surface area contributed by atoms with E-state index in [1.165, 1.54) is 0 Å². The van der Waals surface area contributed by atoms with Gasteiger partial charge in [-0.3, -0.25) is 4.68 Å². The molecule has 13 heavy (non-hydrogen) atoms. The third-order valence-corrected chi connectivity index (χ3v) is 1.83. The molecule has 1 rings (SSSR count). The number of nitrogens with zero attached hydrogens (tertiary/aromatic N) is 2. The van der Waals surface area contributed by atoms with E-state index in [0.29, 0.717) is 13.2 Å². The molecule has 1 unspecified atom stereocenters. The zero-order valence-corrected chi connectivity index (χ0v) is 8.23. The SMILES string of the molecule is CCOC(CN)Cn1ccc(C)n1. The number of rotatable bonds is 5. The van der Waals surface area contributed by atoms with Gasteiger partial charge in [-0.15, -0.1) is 0 Å². The molecule has 4 heteroatoms. The molecule has 0 spiro atoms. The maximum absolute atomic E-state index is 5.55. The zero-order valence-electron chi connectivity index (χ0n) is 8.23. The minimum Gasteiger partial charge on any atom is -0.375 e. The first kappa shape index (κ1) is 10.2. The lowest BCUT2D eigenvalue weighted by Gasteiger charge is -2.14. The van der Waals surface area contributed by atoms with E-state index in [1.54, 1.807) is 0 Å². The molecule has 1 aromatic rings. The van der Waals surface area contributed by atoms with E-state index in [1.807, 2.05) is 30.8 Å². The van der Waals surface area contributed by atoms with Crippen LogP contribution in [0.1, 0.15) is 12.6 Å². The van der Waals surface area contributed by atoms with E-state index >= 15 is 0 Å². The largest absolute Gasteiger partial charge is 0.375 e. The van der Waals surface area contributed by atoms with Crippen molar-refractivity contribution in [2.75, 3.05) is 13.2 Å². The summed E-state index contributed by atoms with van der Waals surface area (Å²) in [6.45, 7) is 5.90. The van der Waals surface area contributed by atoms with Crippen molar-refractivity contribution in [3.63, 3.8) is 0 Å². The average Bonchev–Trinajstić information content (AvgIpc) is 2.50. The molecule has 0 saturated heterocycles. The highest BCUT2D eigenvalue weighted by atomic mass is 16.5. The Morgan fingerprint density at radius 3 is 2.92 bits per heavy atom. The Morgan fingerprint density at radius 1 is 1.69 bits per heavy atom. The molecular formula is C9H17N3O. The molecular weight excluding hydrogens is 166 g/mol. The van der Waals surface area contributed by atoms with Crippen LogP contribution < -0.4 is 5.73 Å². The van der Waals surface area contributed by atoms with Crippen LogP contribution in [-0.2, 0) is 11.3 Å². The Morgan fingerprint density at radius 2 is 2.46 bits per heavy atom. The van der Waals surface area contributed by atoms with Crippen LogP contribution in [0.2, 0.25) is 0 Å². The van der Waals surface area contributed by atoms with Gasteiger partial charge in [0.1, 0.15) is 0 Å². The summed E-state index contributed by atoms with van der Waals surface area (Å²) in [7, 11) is 0. The fourth-order valence-electron chi connectivity index (χ4n) is 1.20. The second-order valence-corrected chi connectivity index (χ2v) is 2.99. The predicted octanol–water partition coefficient (Wildman–Crippen LogP) is 0.555. The second kappa shape index (κ2) is 4.99. The summed E-state index contributed by atoms with van der Waals surface area (Å²) in [6, 6.07) is 1.97. The van der Waals surface area contributed by atoms with Gasteiger partial charge in [-0.1, -0.05) is 0 Å². The summed E-state index contributed by atoms with van der Waals surface area (Å²) in [5, 5.41) is 4.26. The zero-order chi connectivity index (χ0) is 9.68. The van der Waals surface area contributed by atoms with Crippen molar-refractivity contribution in [2.24, 2.45) is 5.73 Å². The number of aryl methyl sites for hydroxylation is 1. The van der Waals surface area contributed by atoms with Crippen molar-refractivity contribution < 1.29 is 4.74 Å². The second-order valence-electron chi connectivity index (χ2n) is 2.99. The molecule has 1 aromatic heterocycles. The number of ether oxygens (including phenoxy) is 1. The van der Waals surface area contributed by atoms with Gasteiger partial charge in [0.25, 0.3) is 0 Å². The van der Waals surface area contributed by atoms with E-state index in [-0.39, 0.29) is 6.10 Å². The molecule has 0 saturated carbocycles. The Balaban J connectivity index is 2.46. The number of nitrogens with two attached hydrogens (primary N) is 1. The molecule has 2 N–H and O–H groups in total. The van der Waals surface area contributed by atoms with Crippen LogP contribution in [0.5, 0.6) is 0 Å². The van der Waals surface area contributed by atoms with E-state index in [9.17, 15) is 0 Å². The minimum atomic E-state index is 0.0734. The van der Waals surface area contributed by atoms with Crippen molar-refractivity contribution in [1.82, 2.24) is 9.78 Å². The third-order valence-electron chi connectivity index (χ3n) is 1.83. The lowest BCUT2D eigenvalue weighted by Crippen LogP contribution is -2.28. The lowest BCUT2D eigenvalue weighted by molar-refractivity contribution is 0.0542. The first-order valence-corrected chi connectivity index (χ1v) is 4.58. The summed E-state index contributed by atoms with van der Waals surface area (Å²) >= 11 is 0. The van der Waals surface area contributed by atoms with Gasteiger partial charge in [-0.05, 0) is 19.9 Å². The molecule has 4 nitrogen and oxygen atoms in total. The highest BCUT2D eigenvalue weighted by Crippen LogP contribution is 1.97. The number of hydrogen-bond acceptors (Lipinski definition) is 3. The highest BCUT2D eigenvalue weighted by molar-refractivity contribution is 4.94. The van der Waals surface area contributed by atoms with Crippen LogP contribution in [0.15, 0.2) is 12.3 Å². The number of aromatic nitrogens is 2. The van der Waals surface area contributed by atoms with Crippen molar-refractivity contribution in [3.05, 3.63) is 18.0 Å². The quantitative estimate of drug-likeness (QED) is 0.725. The highest BCUT2D eigenvalue weighted by Gasteiger charge is 2.06. The fourth-order valence-corrected chi connectivity index (χ4v) is 1.20. The van der Waals surface area contributed by atoms with E-state index in [2.05, 4.69) is 5.10 Å². The Kier molecular flexibility index (Phi) is 3.92. The summed E-state index contributed by atoms with van der Waals surface area (Å²) in [5.74, 6) is 0. The van der Waals surface area contributed by atoms with Crippen LogP contribution in [0.3, 0.4) is 0 Å². The van der Waals surface area contributed by atoms with Crippen molar-refractivity contribution in [2.45, 2.75) is 26.5 Å². The fraction of sp³-hybridized carbons (Fsp3) is 0.667. The Labute approximate surface area is 78.7 Å². The monoisotopic (exact) mass is 183 g/mol.